The Balaban J connectivity index is 2.32. The van der Waals surface area contributed by atoms with Gasteiger partial charge in [0.2, 0.25) is 0 Å². The van der Waals surface area contributed by atoms with Gasteiger partial charge >= 0.3 is 0 Å². The predicted octanol–water partition coefficient (Wildman–Crippen LogP) is 0.882. The molecule has 0 radical (unpaired) electrons. The monoisotopic (exact) mass is 90.0 g/mol. The van der Waals surface area contributed by atoms with E-state index in [1.807, 2.05) is 0 Å². The fourth-order valence-corrected chi connectivity index (χ4v) is 4.97. The molecule has 7 heavy (non-hydrogen) atoms. The Morgan fingerprint density at radius 3 is 1.71 bits per heavy atom. The van der Waals surface area contributed by atoms with Gasteiger partial charge in [0.25, 0.3) is 0 Å². The third kappa shape index (κ3) is 0.0400. The van der Waals surface area contributed by atoms with Gasteiger partial charge in [-0.1, -0.05) is 0 Å². The Kier molecular flexibility index (Phi) is 0.0714. The molecule has 0 heterocycles. The van der Waals surface area contributed by atoms with Gasteiger partial charge in [-0.25, -0.2) is 0 Å². The van der Waals surface area contributed by atoms with Crippen molar-refractivity contribution in [2.45, 2.75) is 6.42 Å². The van der Waals surface area contributed by atoms with Crippen molar-refractivity contribution >= 4 is 0 Å². The van der Waals surface area contributed by atoms with Crippen LogP contribution in [0.4, 0.5) is 0 Å². The first-order chi connectivity index (χ1) is 3.47. The van der Waals surface area contributed by atoms with E-state index in [9.17, 15) is 0 Å². The maximum atomic E-state index is 1.68. The molecule has 0 heteroatoms. The quantitative estimate of drug-likeness (QED) is 0.414. The molecule has 4 bridgehead atoms. The molecule has 2 unspecified atom stereocenters. The molecule has 7 saturated carbocycles. The minimum Gasteiger partial charge on any atom is -0.0458 e. The Labute approximate surface area is 41.9 Å². The molecule has 2 atom stereocenters. The maximum Gasteiger partial charge on any atom is -0.0127 e. The van der Waals surface area contributed by atoms with E-state index < -0.39 is 0 Å². The van der Waals surface area contributed by atoms with Crippen LogP contribution in [0, 0.1) is 34.5 Å². The molecule has 0 aromatic carbocycles. The van der Waals surface area contributed by atoms with Crippen LogP contribution < -0.4 is 0 Å². The second-order valence-corrected chi connectivity index (χ2v) is 4.27. The van der Waals surface area contributed by atoms with E-state index in [1.165, 1.54) is 23.7 Å². The van der Waals surface area contributed by atoms with Gasteiger partial charge in [0.05, 0.1) is 0 Å². The highest BCUT2D eigenvalue weighted by Gasteiger charge is 3.28. The van der Waals surface area contributed by atoms with Gasteiger partial charge in [-0.3, -0.25) is 0 Å². The van der Waals surface area contributed by atoms with Crippen LogP contribution in [-0.4, -0.2) is 0 Å². The summed E-state index contributed by atoms with van der Waals surface area (Å²) in [6.07, 6.45) is 1.68. The summed E-state index contributed by atoms with van der Waals surface area (Å²) < 4.78 is 0. The highest BCUT2D eigenvalue weighted by Crippen LogP contribution is 3.30. The van der Waals surface area contributed by atoms with Gasteiger partial charge < -0.3 is 0 Å². The summed E-state index contributed by atoms with van der Waals surface area (Å²) in [5.74, 6) is 5.36. The highest BCUT2D eigenvalue weighted by molar-refractivity contribution is 5.73. The lowest BCUT2D eigenvalue weighted by atomic mass is 10.2. The van der Waals surface area contributed by atoms with Gasteiger partial charge in [0.15, 0.2) is 0 Å². The predicted molar refractivity (Wildman–Crippen MR) is 23.4 cm³/mol. The van der Waals surface area contributed by atoms with Crippen LogP contribution in [-0.2, 0) is 0 Å². The maximum absolute atomic E-state index is 1.68. The topological polar surface area (TPSA) is 0 Å². The number of hydrogen-bond acceptors (Lipinski definition) is 0. The van der Waals surface area contributed by atoms with Crippen molar-refractivity contribution in [3.05, 3.63) is 0 Å². The Hall–Kier alpha value is 0. The Morgan fingerprint density at radius 2 is 1.57 bits per heavy atom. The second-order valence-electron chi connectivity index (χ2n) is 4.27. The highest BCUT2D eigenvalue weighted by atomic mass is 15.3. The van der Waals surface area contributed by atoms with E-state index in [0.29, 0.717) is 0 Å². The molecule has 34 valence electrons. The first-order valence-corrected chi connectivity index (χ1v) is 3.47. The van der Waals surface area contributed by atoms with Crippen molar-refractivity contribution in [1.82, 2.24) is 0 Å². The molecule has 7 aliphatic carbocycles. The van der Waals surface area contributed by atoms with Crippen molar-refractivity contribution < 1.29 is 0 Å². The largest absolute Gasteiger partial charge is 0.0458 e. The molecular weight excluding hydrogens is 84.1 g/mol. The fraction of sp³-hybridized carbons (Fsp3) is 1.00. The van der Waals surface area contributed by atoms with E-state index in [1.54, 1.807) is 6.42 Å². The average Bonchev–Trinajstić information content (AvgIpc) is 2.53. The van der Waals surface area contributed by atoms with Gasteiger partial charge in [0, 0.05) is 0 Å². The zero-order valence-electron chi connectivity index (χ0n) is 4.02. The van der Waals surface area contributed by atoms with E-state index >= 15 is 0 Å². The van der Waals surface area contributed by atoms with Crippen LogP contribution in [0.1, 0.15) is 6.42 Å². The molecule has 0 aliphatic heterocycles. The lowest BCUT2D eigenvalue weighted by Crippen LogP contribution is -1.80. The molecule has 0 N–H and O–H groups in total. The van der Waals surface area contributed by atoms with Crippen LogP contribution in [0.25, 0.3) is 0 Å². The molecule has 7 aliphatic rings. The zero-order chi connectivity index (χ0) is 4.02. The Morgan fingerprint density at radius 1 is 1.00 bits per heavy atom. The van der Waals surface area contributed by atoms with E-state index in [4.69, 9.17) is 0 Å². The van der Waals surface area contributed by atoms with Gasteiger partial charge in [-0.05, 0) is 40.9 Å². The zero-order valence-corrected chi connectivity index (χ0v) is 4.02. The third-order valence-electron chi connectivity index (χ3n) is 4.96. The van der Waals surface area contributed by atoms with Crippen molar-refractivity contribution in [3.63, 3.8) is 0 Å². The van der Waals surface area contributed by atoms with Gasteiger partial charge in [0.1, 0.15) is 0 Å². The molecule has 0 saturated heterocycles. The first kappa shape index (κ1) is 2.08. The smallest absolute Gasteiger partial charge is 0.0127 e. The van der Waals surface area contributed by atoms with Crippen molar-refractivity contribution in [2.75, 3.05) is 0 Å². The van der Waals surface area contributed by atoms with Crippen LogP contribution in [0.2, 0.25) is 0 Å². The minimum absolute atomic E-state index is 1.15. The van der Waals surface area contributed by atoms with Gasteiger partial charge in [-0.2, -0.15) is 0 Å². The van der Waals surface area contributed by atoms with E-state index in [2.05, 4.69) is 0 Å². The average molecular weight is 90.1 g/mol. The van der Waals surface area contributed by atoms with Crippen LogP contribution in [0.3, 0.4) is 0 Å². The molecule has 0 nitrogen and oxygen atoms in total. The SMILES string of the molecule is C1C2C3C24C2C1C324. The van der Waals surface area contributed by atoms with Crippen molar-refractivity contribution in [2.24, 2.45) is 34.5 Å². The molecule has 0 aromatic heterocycles. The number of rotatable bonds is 0. The van der Waals surface area contributed by atoms with Crippen LogP contribution in [0.5, 0.6) is 0 Å². The normalized spacial score (nSPS) is 120. The lowest BCUT2D eigenvalue weighted by molar-refractivity contribution is 0.632. The molecular formula is C7H6. The first-order valence-electron chi connectivity index (χ1n) is 3.47. The summed E-state index contributed by atoms with van der Waals surface area (Å²) in [5.41, 5.74) is 2.30. The molecule has 7 rings (SSSR count). The molecule has 0 amide bonds. The summed E-state index contributed by atoms with van der Waals surface area (Å²) in [4.78, 5) is 0. The van der Waals surface area contributed by atoms with E-state index in [0.717, 1.165) is 10.8 Å². The summed E-state index contributed by atoms with van der Waals surface area (Å²) >= 11 is 0. The summed E-state index contributed by atoms with van der Waals surface area (Å²) in [5, 5.41) is 0. The summed E-state index contributed by atoms with van der Waals surface area (Å²) in [6.45, 7) is 0. The molecule has 7 fully saturated rings. The van der Waals surface area contributed by atoms with Crippen molar-refractivity contribution in [3.8, 4) is 0 Å². The Bertz CT molecular complexity index is 180. The van der Waals surface area contributed by atoms with Crippen LogP contribution >= 0.6 is 0 Å². The summed E-state index contributed by atoms with van der Waals surface area (Å²) in [7, 11) is 0. The third-order valence-corrected chi connectivity index (χ3v) is 4.96. The second kappa shape index (κ2) is 0.240. The van der Waals surface area contributed by atoms with Gasteiger partial charge in [-0.15, -0.1) is 0 Å². The number of hydrogen-bond donors (Lipinski definition) is 0. The lowest BCUT2D eigenvalue weighted by Gasteiger charge is -1.82. The standard InChI is InChI=1S/C7H6/c1-2-4-6(2)5-3(1)7(4,5)6/h2-5H,1H2. The van der Waals surface area contributed by atoms with E-state index in [-0.39, 0.29) is 0 Å². The molecule has 0 aromatic rings. The minimum atomic E-state index is 1.15. The van der Waals surface area contributed by atoms with Crippen LogP contribution in [0.15, 0.2) is 0 Å². The summed E-state index contributed by atoms with van der Waals surface area (Å²) in [6, 6.07) is 0. The molecule has 2 spiro atoms. The van der Waals surface area contributed by atoms with Crippen molar-refractivity contribution in [1.29, 1.82) is 0 Å². The fourth-order valence-electron chi connectivity index (χ4n) is 4.97.